The Bertz CT molecular complexity index is 2160. The zero-order valence-corrected chi connectivity index (χ0v) is 45.5. The Morgan fingerprint density at radius 1 is 0.500 bits per heavy atom. The number of halogens is 2. The smallest absolute Gasteiger partial charge is 0.147 e. The molecule has 4 aromatic carbocycles. The van der Waals surface area contributed by atoms with E-state index in [1.54, 1.807) is 22.3 Å². The maximum absolute atomic E-state index is 4.02. The number of aryl methyl sites for hydroxylation is 4. The molecule has 0 N–H and O–H groups in total. The molecule has 0 saturated heterocycles. The zero-order chi connectivity index (χ0) is 42.3. The fourth-order valence-electron chi connectivity index (χ4n) is 13.9. The maximum atomic E-state index is 2.95. The monoisotopic (exact) mass is 964 g/mol. The molecule has 2 atom stereocenters. The summed E-state index contributed by atoms with van der Waals surface area (Å²) in [7, 11) is 0. The quantitative estimate of drug-likeness (QED) is 0.139. The first kappa shape index (κ1) is 49.5. The SMILES string of the molecule is CCC1(CC2=Cc3c(-c4cc(C)cc(C)c4)cccc3[CH]2[Zr]([CH3])([CH3])(=[SiH2])[CH]2C(CC3(CC)CCCCCCC3)=Cc3c(-c4cc(C)cc(C)c4)cccc32)CCCCCCC1.Cl.Cl. The molecule has 0 amide bonds. The van der Waals surface area contributed by atoms with Crippen molar-refractivity contribution in [2.45, 2.75) is 174 Å². The zero-order valence-electron chi connectivity index (χ0n) is 40.0. The average Bonchev–Trinajstić information content (AvgIpc) is 3.75. The van der Waals surface area contributed by atoms with Gasteiger partial charge in [-0.15, -0.1) is 24.8 Å². The number of hydrogen-bond acceptors (Lipinski definition) is 0. The summed E-state index contributed by atoms with van der Waals surface area (Å²) in [4.78, 5) is 0. The molecule has 4 aromatic rings. The molecule has 8 rings (SSSR count). The number of fused-ring (bicyclic) bond motifs is 2. The Labute approximate surface area is 393 Å². The number of rotatable bonds is 10. The third-order valence-corrected chi connectivity index (χ3v) is 34.3. The summed E-state index contributed by atoms with van der Waals surface area (Å²) < 4.78 is 6.94. The van der Waals surface area contributed by atoms with Gasteiger partial charge >= 0.3 is 372 Å². The van der Waals surface area contributed by atoms with Crippen LogP contribution in [0.2, 0.25) is 9.26 Å². The van der Waals surface area contributed by atoms with Crippen molar-refractivity contribution in [2.24, 2.45) is 10.8 Å². The molecule has 4 aliphatic rings. The normalized spacial score (nSPS) is 21.1. The van der Waals surface area contributed by atoms with E-state index >= 15 is 0 Å². The molecular weight excluding hydrogens is 887 g/mol. The summed E-state index contributed by atoms with van der Waals surface area (Å²) in [5, 5.41) is 0. The standard InChI is InChI=1S/2C28H35.2CH3.2ClH.H2Si.Zr/c2*1-4-28(13-8-6-5-7-9-14-28)20-23-18-24-11-10-12-26(27(24)19-23)25-16-21(2)15-22(3)17-25;;;;;;/h2*10-12,15-19H,4-9,13-14,20H2,1-3H3;2*1H3;2*1H;1H2;. The molecule has 4 heteroatoms. The molecular formula is C58H80Cl2SiZr. The van der Waals surface area contributed by atoms with Gasteiger partial charge in [-0.05, 0) is 0 Å². The van der Waals surface area contributed by atoms with Gasteiger partial charge in [-0.1, -0.05) is 0 Å². The first-order valence-electron chi connectivity index (χ1n) is 24.6. The van der Waals surface area contributed by atoms with Gasteiger partial charge in [0.1, 0.15) is 0 Å². The van der Waals surface area contributed by atoms with Gasteiger partial charge in [-0.3, -0.25) is 0 Å². The van der Waals surface area contributed by atoms with E-state index in [1.807, 2.05) is 11.1 Å². The van der Waals surface area contributed by atoms with Gasteiger partial charge in [0.2, 0.25) is 0 Å². The van der Waals surface area contributed by atoms with E-state index in [1.165, 1.54) is 160 Å². The second-order valence-corrected chi connectivity index (χ2v) is 52.7. The Morgan fingerprint density at radius 2 is 0.823 bits per heavy atom. The first-order chi connectivity index (χ1) is 28.7. The molecule has 2 fully saturated rings. The van der Waals surface area contributed by atoms with Crippen molar-refractivity contribution in [2.75, 3.05) is 0 Å². The van der Waals surface area contributed by atoms with Crippen LogP contribution in [0.5, 0.6) is 0 Å². The van der Waals surface area contributed by atoms with E-state index < -0.39 is 17.4 Å². The largest absolute Gasteiger partial charge is 0.147 e. The molecule has 4 aliphatic carbocycles. The molecule has 0 radical (unpaired) electrons. The van der Waals surface area contributed by atoms with Gasteiger partial charge in [-0.25, -0.2) is 0 Å². The van der Waals surface area contributed by atoms with Crippen molar-refractivity contribution in [1.82, 2.24) is 0 Å². The van der Waals surface area contributed by atoms with Crippen LogP contribution < -0.4 is 0 Å². The summed E-state index contributed by atoms with van der Waals surface area (Å²) >= 11 is -4.02. The van der Waals surface area contributed by atoms with Gasteiger partial charge in [0.25, 0.3) is 0 Å². The number of benzene rings is 4. The van der Waals surface area contributed by atoms with Gasteiger partial charge in [0.05, 0.1) is 0 Å². The van der Waals surface area contributed by atoms with Crippen LogP contribution in [-0.2, 0) is 17.4 Å². The fourth-order valence-corrected chi connectivity index (χ4v) is 33.6. The number of hydrogen-bond donors (Lipinski definition) is 0. The van der Waals surface area contributed by atoms with Crippen LogP contribution in [0.4, 0.5) is 0 Å². The van der Waals surface area contributed by atoms with Crippen LogP contribution in [0.15, 0.2) is 83.9 Å². The van der Waals surface area contributed by atoms with Crippen LogP contribution in [0.1, 0.15) is 181 Å². The van der Waals surface area contributed by atoms with Crippen molar-refractivity contribution in [3.63, 3.8) is 0 Å². The minimum absolute atomic E-state index is 0. The molecule has 0 heterocycles. The Kier molecular flexibility index (Phi) is 15.9. The molecule has 0 bridgehead atoms. The molecule has 2 unspecified atom stereocenters. The van der Waals surface area contributed by atoms with Gasteiger partial charge < -0.3 is 0 Å². The van der Waals surface area contributed by atoms with Crippen LogP contribution in [0.3, 0.4) is 0 Å². The summed E-state index contributed by atoms with van der Waals surface area (Å²) in [6.45, 7) is 16.8. The molecule has 0 spiro atoms. The molecule has 2 saturated carbocycles. The Hall–Kier alpha value is -1.96. The van der Waals surface area contributed by atoms with Crippen molar-refractivity contribution in [1.29, 1.82) is 0 Å². The van der Waals surface area contributed by atoms with Crippen molar-refractivity contribution in [3.05, 3.63) is 128 Å². The van der Waals surface area contributed by atoms with Crippen LogP contribution in [0, 0.1) is 38.5 Å². The van der Waals surface area contributed by atoms with Gasteiger partial charge in [-0.2, -0.15) is 0 Å². The Morgan fingerprint density at radius 3 is 1.15 bits per heavy atom. The second kappa shape index (κ2) is 19.9. The summed E-state index contributed by atoms with van der Waals surface area (Å²) in [6, 6.07) is 29.5. The summed E-state index contributed by atoms with van der Waals surface area (Å²) in [5.41, 5.74) is 22.0. The van der Waals surface area contributed by atoms with Crippen LogP contribution >= 0.6 is 24.8 Å². The third kappa shape index (κ3) is 9.91. The average molecular weight is 967 g/mol. The second-order valence-electron chi connectivity index (χ2n) is 22.2. The predicted molar refractivity (Wildman–Crippen MR) is 278 cm³/mol. The van der Waals surface area contributed by atoms with E-state index in [9.17, 15) is 0 Å². The van der Waals surface area contributed by atoms with Crippen LogP contribution in [-0.4, -0.2) is 6.88 Å². The van der Waals surface area contributed by atoms with Crippen molar-refractivity contribution >= 4 is 43.8 Å². The van der Waals surface area contributed by atoms with Crippen molar-refractivity contribution < 1.29 is 17.4 Å². The molecule has 0 aliphatic heterocycles. The van der Waals surface area contributed by atoms with E-state index in [0.717, 1.165) is 0 Å². The third-order valence-electron chi connectivity index (χ3n) is 16.8. The van der Waals surface area contributed by atoms with Gasteiger partial charge in [0, 0.05) is 0 Å². The maximum Gasteiger partial charge on any atom is -0.147 e. The van der Waals surface area contributed by atoms with Crippen molar-refractivity contribution in [3.8, 4) is 22.3 Å². The minimum Gasteiger partial charge on any atom is -0.147 e. The Balaban J connectivity index is 0.00000321. The molecule has 0 nitrogen and oxygen atoms in total. The van der Waals surface area contributed by atoms with Gasteiger partial charge in [0.15, 0.2) is 0 Å². The number of allylic oxidation sites excluding steroid dienone is 2. The molecule has 62 heavy (non-hydrogen) atoms. The summed E-state index contributed by atoms with van der Waals surface area (Å²) in [6.07, 6.45) is 30.5. The van der Waals surface area contributed by atoms with E-state index in [2.05, 4.69) is 143 Å². The topological polar surface area (TPSA) is 0 Å². The minimum atomic E-state index is -4.02. The fraction of sp³-hybridized carbons (Fsp3) is 0.517. The van der Waals surface area contributed by atoms with E-state index in [4.69, 9.17) is 0 Å². The van der Waals surface area contributed by atoms with E-state index in [-0.39, 0.29) is 24.8 Å². The summed E-state index contributed by atoms with van der Waals surface area (Å²) in [5.74, 6) is 0. The van der Waals surface area contributed by atoms with Crippen LogP contribution in [0.25, 0.3) is 34.4 Å². The molecule has 0 aromatic heterocycles. The molecule has 334 valence electrons. The first-order valence-corrected chi connectivity index (χ1v) is 38.3. The van der Waals surface area contributed by atoms with E-state index in [0.29, 0.717) is 18.1 Å². The predicted octanol–water partition coefficient (Wildman–Crippen LogP) is 18.1.